The molecule has 0 aliphatic carbocycles. The predicted octanol–water partition coefficient (Wildman–Crippen LogP) is 8.14. The molecule has 4 N–H and O–H groups in total. The standard InChI is InChI=1S/C40H34Cl2N6O5/c1-16(2)13-26(49)43-24-15-18-11-12-25-22(14-18)40-21-9-5-8-20(30(21)47-39(40)51-25)19-7-6-10-23-27(19)28(34(41)44-23)32-35(42)48-38(52-32)31-33(40)53-37(46-31)29(17(3)4)45-36(24)50/h5-12,14,16-17,24,29,39,44,47H,13,15H2,1-4H3,(H,43,49)(H,45,50)/t24-,29?,39?,40?/m0/s1. The maximum atomic E-state index is 14.2. The second kappa shape index (κ2) is 11.4. The molecule has 11 nitrogen and oxygen atoms in total. The van der Waals surface area contributed by atoms with Crippen molar-refractivity contribution in [3.05, 3.63) is 93.2 Å². The molecule has 10 rings (SSSR count). The monoisotopic (exact) mass is 748 g/mol. The van der Waals surface area contributed by atoms with E-state index in [2.05, 4.69) is 33.1 Å². The number of nitrogens with zero attached hydrogens (tertiary/aromatic N) is 2. The zero-order chi connectivity index (χ0) is 36.5. The third-order valence-corrected chi connectivity index (χ3v) is 11.4. The van der Waals surface area contributed by atoms with E-state index in [9.17, 15) is 9.59 Å². The van der Waals surface area contributed by atoms with Crippen LogP contribution in [0.15, 0.2) is 63.4 Å². The van der Waals surface area contributed by atoms with E-state index in [0.717, 1.165) is 44.4 Å². The number of anilines is 1. The number of H-pyrrole nitrogens is 1. The van der Waals surface area contributed by atoms with Gasteiger partial charge in [0.2, 0.25) is 17.7 Å². The molecule has 4 aliphatic heterocycles. The average Bonchev–Trinajstić information content (AvgIpc) is 3.91. The molecule has 3 aromatic carbocycles. The Kier molecular flexibility index (Phi) is 6.95. The fourth-order valence-corrected chi connectivity index (χ4v) is 9.07. The van der Waals surface area contributed by atoms with Gasteiger partial charge in [-0.2, -0.15) is 4.98 Å². The molecule has 0 fully saturated rings. The molecular formula is C40H34Cl2N6O5. The van der Waals surface area contributed by atoms with Crippen LogP contribution in [0.4, 0.5) is 5.69 Å². The number of benzene rings is 3. The number of rotatable bonds is 4. The van der Waals surface area contributed by atoms with E-state index in [1.54, 1.807) is 0 Å². The van der Waals surface area contributed by atoms with Crippen LogP contribution in [0.1, 0.15) is 68.5 Å². The summed E-state index contributed by atoms with van der Waals surface area (Å²) < 4.78 is 20.4. The lowest BCUT2D eigenvalue weighted by Gasteiger charge is -2.29. The number of hydrogen-bond acceptors (Lipinski definition) is 8. The quantitative estimate of drug-likeness (QED) is 0.141. The summed E-state index contributed by atoms with van der Waals surface area (Å²) in [7, 11) is 0. The van der Waals surface area contributed by atoms with Crippen molar-refractivity contribution < 1.29 is 23.2 Å². The van der Waals surface area contributed by atoms with Gasteiger partial charge in [0.1, 0.15) is 28.4 Å². The number of fused-ring (bicyclic) bond motifs is 7. The van der Waals surface area contributed by atoms with Crippen LogP contribution in [-0.4, -0.2) is 39.0 Å². The van der Waals surface area contributed by atoms with Crippen molar-refractivity contribution in [3.8, 4) is 39.8 Å². The van der Waals surface area contributed by atoms with Crippen LogP contribution in [0, 0.1) is 11.8 Å². The van der Waals surface area contributed by atoms with E-state index in [0.29, 0.717) is 34.3 Å². The number of carbonyl (C=O) groups is 2. The lowest BCUT2D eigenvalue weighted by atomic mass is 9.72. The summed E-state index contributed by atoms with van der Waals surface area (Å²) in [6, 6.07) is 16.5. The second-order valence-corrected chi connectivity index (χ2v) is 15.8. The summed E-state index contributed by atoms with van der Waals surface area (Å²) in [6.07, 6.45) is -0.119. The van der Waals surface area contributed by atoms with Gasteiger partial charge in [-0.25, -0.2) is 4.98 Å². The van der Waals surface area contributed by atoms with Crippen LogP contribution in [0.5, 0.6) is 5.75 Å². The maximum absolute atomic E-state index is 14.2. The lowest BCUT2D eigenvalue weighted by Crippen LogP contribution is -2.49. The first-order chi connectivity index (χ1) is 25.5. The molecule has 0 saturated carbocycles. The number of amides is 2. The molecule has 268 valence electrons. The number of aromatic nitrogens is 3. The number of ether oxygens (including phenoxy) is 1. The molecule has 13 heteroatoms. The Labute approximate surface area is 313 Å². The summed E-state index contributed by atoms with van der Waals surface area (Å²) in [5, 5.41) is 11.2. The molecule has 3 aromatic heterocycles. The van der Waals surface area contributed by atoms with Gasteiger partial charge in [-0.05, 0) is 35.1 Å². The highest BCUT2D eigenvalue weighted by Crippen LogP contribution is 2.62. The van der Waals surface area contributed by atoms with E-state index in [1.165, 1.54) is 0 Å². The van der Waals surface area contributed by atoms with Gasteiger partial charge in [0, 0.05) is 46.1 Å². The minimum absolute atomic E-state index is 0.108. The number of aromatic amines is 1. The SMILES string of the molecule is CC(C)CC(=O)N[C@H]1Cc2ccc3c(c2)C24c5cccc(c5NC2O3)-c2cccc3[nH]c(Cl)c(c23)-c2oc(nc2Cl)-c2nc(oc24)C(C(C)C)NC1=O. The number of nitrogens with one attached hydrogen (secondary N) is 4. The van der Waals surface area contributed by atoms with Crippen molar-refractivity contribution in [3.63, 3.8) is 0 Å². The third kappa shape index (κ3) is 4.53. The van der Waals surface area contributed by atoms with Gasteiger partial charge < -0.3 is 34.5 Å². The van der Waals surface area contributed by atoms with Crippen molar-refractivity contribution in [1.29, 1.82) is 0 Å². The van der Waals surface area contributed by atoms with Crippen LogP contribution in [0.25, 0.3) is 44.9 Å². The van der Waals surface area contributed by atoms with Crippen molar-refractivity contribution >= 4 is 51.6 Å². The van der Waals surface area contributed by atoms with E-state index in [1.807, 2.05) is 70.2 Å². The van der Waals surface area contributed by atoms with Gasteiger partial charge in [0.05, 0.1) is 5.56 Å². The fraction of sp³-hybridized carbons (Fsp3) is 0.300. The molecule has 10 bridgehead atoms. The van der Waals surface area contributed by atoms with Crippen molar-refractivity contribution in [2.75, 3.05) is 5.32 Å². The van der Waals surface area contributed by atoms with E-state index < -0.39 is 23.7 Å². The first-order valence-corrected chi connectivity index (χ1v) is 18.6. The molecule has 4 aliphatic rings. The molecule has 4 atom stereocenters. The molecule has 1 spiro atoms. The van der Waals surface area contributed by atoms with Crippen LogP contribution in [0.3, 0.4) is 0 Å². The zero-order valence-electron chi connectivity index (χ0n) is 29.2. The lowest BCUT2D eigenvalue weighted by molar-refractivity contribution is -0.130. The van der Waals surface area contributed by atoms with Gasteiger partial charge in [-0.3, -0.25) is 9.59 Å². The Bertz CT molecular complexity index is 2550. The Morgan fingerprint density at radius 2 is 1.81 bits per heavy atom. The molecule has 53 heavy (non-hydrogen) atoms. The summed E-state index contributed by atoms with van der Waals surface area (Å²) in [5.74, 6) is 1.16. The molecule has 3 unspecified atom stereocenters. The molecule has 6 aromatic rings. The number of halogens is 2. The van der Waals surface area contributed by atoms with Crippen molar-refractivity contribution in [2.24, 2.45) is 11.8 Å². The molecule has 0 saturated heterocycles. The van der Waals surface area contributed by atoms with Crippen molar-refractivity contribution in [2.45, 2.75) is 64.3 Å². The van der Waals surface area contributed by atoms with Crippen LogP contribution in [-0.2, 0) is 21.4 Å². The third-order valence-electron chi connectivity index (χ3n) is 10.9. The minimum Gasteiger partial charge on any atom is -0.469 e. The van der Waals surface area contributed by atoms with Gasteiger partial charge in [0.25, 0.3) is 5.89 Å². The highest BCUT2D eigenvalue weighted by molar-refractivity contribution is 6.37. The smallest absolute Gasteiger partial charge is 0.250 e. The predicted molar refractivity (Wildman–Crippen MR) is 200 cm³/mol. The van der Waals surface area contributed by atoms with Crippen LogP contribution in [0.2, 0.25) is 10.3 Å². The Balaban J connectivity index is 1.31. The summed E-state index contributed by atoms with van der Waals surface area (Å²) in [5.41, 5.74) is 5.85. The largest absolute Gasteiger partial charge is 0.469 e. The summed E-state index contributed by atoms with van der Waals surface area (Å²) >= 11 is 13.9. The van der Waals surface area contributed by atoms with Crippen LogP contribution >= 0.6 is 23.2 Å². The number of oxazole rings is 2. The summed E-state index contributed by atoms with van der Waals surface area (Å²) in [6.45, 7) is 7.90. The van der Waals surface area contributed by atoms with Gasteiger partial charge >= 0.3 is 0 Å². The van der Waals surface area contributed by atoms with E-state index >= 15 is 0 Å². The Morgan fingerprint density at radius 3 is 2.62 bits per heavy atom. The molecule has 7 heterocycles. The van der Waals surface area contributed by atoms with E-state index in [-0.39, 0.29) is 52.8 Å². The number of para-hydroxylation sites is 1. The van der Waals surface area contributed by atoms with Crippen LogP contribution < -0.4 is 20.7 Å². The average molecular weight is 750 g/mol. The fourth-order valence-electron chi connectivity index (χ4n) is 8.58. The second-order valence-electron chi connectivity index (χ2n) is 15.1. The van der Waals surface area contributed by atoms with E-state index in [4.69, 9.17) is 46.7 Å². The highest BCUT2D eigenvalue weighted by Gasteiger charge is 2.61. The number of carbonyl (C=O) groups excluding carboxylic acids is 2. The maximum Gasteiger partial charge on any atom is 0.250 e. The first kappa shape index (κ1) is 32.4. The number of hydrogen-bond donors (Lipinski definition) is 4. The van der Waals surface area contributed by atoms with Crippen molar-refractivity contribution in [1.82, 2.24) is 25.6 Å². The molecule has 2 amide bonds. The Hall–Kier alpha value is -5.26. The highest BCUT2D eigenvalue weighted by atomic mass is 35.5. The zero-order valence-corrected chi connectivity index (χ0v) is 30.7. The topological polar surface area (TPSA) is 147 Å². The van der Waals surface area contributed by atoms with Gasteiger partial charge in [0.15, 0.2) is 28.6 Å². The molecule has 0 radical (unpaired) electrons. The molecular weight excluding hydrogens is 715 g/mol. The minimum atomic E-state index is -1.09. The first-order valence-electron chi connectivity index (χ1n) is 17.8. The Morgan fingerprint density at radius 1 is 1.00 bits per heavy atom. The van der Waals surface area contributed by atoms with Gasteiger partial charge in [-0.1, -0.05) is 93.4 Å². The normalized spacial score (nSPS) is 21.8. The summed E-state index contributed by atoms with van der Waals surface area (Å²) in [4.78, 5) is 40.5. The van der Waals surface area contributed by atoms with Gasteiger partial charge in [-0.15, -0.1) is 0 Å².